The molecule has 0 saturated carbocycles. The van der Waals surface area contributed by atoms with Gasteiger partial charge in [0.2, 0.25) is 0 Å². The second-order valence-corrected chi connectivity index (χ2v) is 5.75. The van der Waals surface area contributed by atoms with Crippen molar-refractivity contribution in [3.8, 4) is 0 Å². The summed E-state index contributed by atoms with van der Waals surface area (Å²) in [5.74, 6) is 0.394. The van der Waals surface area contributed by atoms with Crippen molar-refractivity contribution in [1.29, 1.82) is 0 Å². The van der Waals surface area contributed by atoms with Crippen molar-refractivity contribution >= 4 is 28.6 Å². The Labute approximate surface area is 99.9 Å². The van der Waals surface area contributed by atoms with Gasteiger partial charge < -0.3 is 4.74 Å². The highest BCUT2D eigenvalue weighted by Gasteiger charge is 2.35. The van der Waals surface area contributed by atoms with Crippen LogP contribution in [0.15, 0.2) is 0 Å². The van der Waals surface area contributed by atoms with Gasteiger partial charge in [-0.2, -0.15) is 0 Å². The molecule has 14 heavy (non-hydrogen) atoms. The van der Waals surface area contributed by atoms with Gasteiger partial charge in [0.25, 0.3) is 0 Å². The Morgan fingerprint density at radius 1 is 1.57 bits per heavy atom. The summed E-state index contributed by atoms with van der Waals surface area (Å²) in [4.78, 5) is 11.1. The SMILES string of the molecule is CCCCCC(I)C1OC(=O)CC1C. The van der Waals surface area contributed by atoms with Gasteiger partial charge in [0.05, 0.1) is 6.42 Å². The minimum absolute atomic E-state index is 0.0142. The largest absolute Gasteiger partial charge is 0.461 e. The second kappa shape index (κ2) is 5.93. The maximum absolute atomic E-state index is 11.1. The summed E-state index contributed by atoms with van der Waals surface area (Å²) in [5.41, 5.74) is 0. The molecule has 1 aliphatic heterocycles. The van der Waals surface area contributed by atoms with E-state index in [2.05, 4.69) is 36.4 Å². The third kappa shape index (κ3) is 3.41. The van der Waals surface area contributed by atoms with Gasteiger partial charge in [-0.3, -0.25) is 4.79 Å². The number of cyclic esters (lactones) is 1. The number of hydrogen-bond donors (Lipinski definition) is 0. The Kier molecular flexibility index (Phi) is 5.20. The number of esters is 1. The third-order valence-corrected chi connectivity index (χ3v) is 4.09. The van der Waals surface area contributed by atoms with E-state index in [9.17, 15) is 4.79 Å². The number of carbonyl (C=O) groups is 1. The van der Waals surface area contributed by atoms with Gasteiger partial charge in [0.1, 0.15) is 6.10 Å². The predicted molar refractivity (Wildman–Crippen MR) is 65.6 cm³/mol. The molecule has 0 aromatic rings. The molecule has 0 N–H and O–H groups in total. The van der Waals surface area contributed by atoms with Gasteiger partial charge in [-0.05, 0) is 6.42 Å². The normalized spacial score (nSPS) is 28.9. The van der Waals surface area contributed by atoms with Crippen LogP contribution in [0.2, 0.25) is 0 Å². The zero-order chi connectivity index (χ0) is 10.6. The molecule has 0 amide bonds. The highest BCUT2D eigenvalue weighted by Crippen LogP contribution is 2.30. The lowest BCUT2D eigenvalue weighted by atomic mass is 9.98. The fourth-order valence-corrected chi connectivity index (χ4v) is 3.18. The molecule has 1 rings (SSSR count). The topological polar surface area (TPSA) is 26.3 Å². The molecule has 0 radical (unpaired) electrons. The van der Waals surface area contributed by atoms with Crippen molar-refractivity contribution in [2.75, 3.05) is 0 Å². The van der Waals surface area contributed by atoms with E-state index in [1.165, 1.54) is 25.7 Å². The van der Waals surface area contributed by atoms with Crippen LogP contribution in [0.1, 0.15) is 46.0 Å². The summed E-state index contributed by atoms with van der Waals surface area (Å²) in [6.45, 7) is 4.32. The first-order valence-electron chi connectivity index (χ1n) is 5.48. The van der Waals surface area contributed by atoms with Crippen LogP contribution in [0.4, 0.5) is 0 Å². The van der Waals surface area contributed by atoms with E-state index in [1.54, 1.807) is 0 Å². The zero-order valence-corrected chi connectivity index (χ0v) is 11.1. The molecule has 3 heteroatoms. The van der Waals surface area contributed by atoms with Gasteiger partial charge in [-0.15, -0.1) is 0 Å². The molecular formula is C11H19IO2. The lowest BCUT2D eigenvalue weighted by Gasteiger charge is -2.19. The smallest absolute Gasteiger partial charge is 0.306 e. The summed E-state index contributed by atoms with van der Waals surface area (Å²) < 4.78 is 5.82. The summed E-state index contributed by atoms with van der Waals surface area (Å²) >= 11 is 2.43. The van der Waals surface area contributed by atoms with Gasteiger partial charge in [-0.1, -0.05) is 55.7 Å². The maximum atomic E-state index is 11.1. The fraction of sp³-hybridized carbons (Fsp3) is 0.909. The molecule has 0 bridgehead atoms. The lowest BCUT2D eigenvalue weighted by Crippen LogP contribution is -2.25. The molecule has 0 spiro atoms. The minimum Gasteiger partial charge on any atom is -0.461 e. The summed E-state index contributed by atoms with van der Waals surface area (Å²) in [6, 6.07) is 0. The number of carbonyl (C=O) groups excluding carboxylic acids is 1. The van der Waals surface area contributed by atoms with Crippen molar-refractivity contribution in [2.24, 2.45) is 5.92 Å². The molecule has 82 valence electrons. The first-order valence-corrected chi connectivity index (χ1v) is 6.73. The molecular weight excluding hydrogens is 291 g/mol. The first kappa shape index (κ1) is 12.3. The molecule has 0 aromatic carbocycles. The van der Waals surface area contributed by atoms with Crippen molar-refractivity contribution in [2.45, 2.75) is 56.0 Å². The standard InChI is InChI=1S/C11H19IO2/c1-3-4-5-6-9(12)11-8(2)7-10(13)14-11/h8-9,11H,3-7H2,1-2H3. The van der Waals surface area contributed by atoms with Crippen LogP contribution in [0.3, 0.4) is 0 Å². The highest BCUT2D eigenvalue weighted by atomic mass is 127. The molecule has 1 saturated heterocycles. The lowest BCUT2D eigenvalue weighted by molar-refractivity contribution is -0.141. The molecule has 0 aromatic heterocycles. The number of ether oxygens (including phenoxy) is 1. The van der Waals surface area contributed by atoms with Gasteiger partial charge in [0.15, 0.2) is 0 Å². The molecule has 2 nitrogen and oxygen atoms in total. The average Bonchev–Trinajstić information content (AvgIpc) is 2.45. The van der Waals surface area contributed by atoms with E-state index in [-0.39, 0.29) is 12.1 Å². The molecule has 1 aliphatic rings. The number of halogens is 1. The molecule has 1 fully saturated rings. The number of rotatable bonds is 5. The van der Waals surface area contributed by atoms with Crippen molar-refractivity contribution in [1.82, 2.24) is 0 Å². The molecule has 0 aliphatic carbocycles. The van der Waals surface area contributed by atoms with Crippen LogP contribution in [0.5, 0.6) is 0 Å². The quantitative estimate of drug-likeness (QED) is 0.337. The van der Waals surface area contributed by atoms with E-state index in [4.69, 9.17) is 4.74 Å². The van der Waals surface area contributed by atoms with Crippen molar-refractivity contribution in [3.63, 3.8) is 0 Å². The van der Waals surface area contributed by atoms with E-state index in [0.29, 0.717) is 16.3 Å². The summed E-state index contributed by atoms with van der Waals surface area (Å²) in [6.07, 6.45) is 5.75. The Balaban J connectivity index is 2.29. The molecule has 1 heterocycles. The Morgan fingerprint density at radius 2 is 2.29 bits per heavy atom. The number of hydrogen-bond acceptors (Lipinski definition) is 2. The minimum atomic E-state index is -0.0142. The van der Waals surface area contributed by atoms with E-state index in [1.807, 2.05) is 0 Å². The number of alkyl halides is 1. The van der Waals surface area contributed by atoms with E-state index in [0.717, 1.165) is 0 Å². The van der Waals surface area contributed by atoms with Crippen molar-refractivity contribution in [3.05, 3.63) is 0 Å². The highest BCUT2D eigenvalue weighted by molar-refractivity contribution is 14.1. The Bertz CT molecular complexity index is 194. The first-order chi connectivity index (χ1) is 6.65. The van der Waals surface area contributed by atoms with Gasteiger partial charge in [-0.25, -0.2) is 0 Å². The summed E-state index contributed by atoms with van der Waals surface area (Å²) in [7, 11) is 0. The van der Waals surface area contributed by atoms with Crippen LogP contribution in [0.25, 0.3) is 0 Å². The van der Waals surface area contributed by atoms with Crippen molar-refractivity contribution < 1.29 is 9.53 Å². The van der Waals surface area contributed by atoms with Crippen LogP contribution in [-0.4, -0.2) is 16.0 Å². The average molecular weight is 310 g/mol. The molecule has 3 atom stereocenters. The van der Waals surface area contributed by atoms with Crippen LogP contribution in [0, 0.1) is 5.92 Å². The molecule has 3 unspecified atom stereocenters. The van der Waals surface area contributed by atoms with Crippen LogP contribution < -0.4 is 0 Å². The zero-order valence-electron chi connectivity index (χ0n) is 8.96. The van der Waals surface area contributed by atoms with Crippen LogP contribution >= 0.6 is 22.6 Å². The third-order valence-electron chi connectivity index (χ3n) is 2.76. The number of unbranched alkanes of at least 4 members (excludes halogenated alkanes) is 2. The van der Waals surface area contributed by atoms with E-state index < -0.39 is 0 Å². The maximum Gasteiger partial charge on any atom is 0.306 e. The second-order valence-electron chi connectivity index (χ2n) is 4.15. The fourth-order valence-electron chi connectivity index (χ4n) is 1.88. The van der Waals surface area contributed by atoms with Gasteiger partial charge in [0, 0.05) is 9.84 Å². The van der Waals surface area contributed by atoms with E-state index >= 15 is 0 Å². The predicted octanol–water partition coefficient (Wildman–Crippen LogP) is 3.32. The monoisotopic (exact) mass is 310 g/mol. The van der Waals surface area contributed by atoms with Gasteiger partial charge >= 0.3 is 5.97 Å². The van der Waals surface area contributed by atoms with Crippen LogP contribution in [-0.2, 0) is 9.53 Å². The summed E-state index contributed by atoms with van der Waals surface area (Å²) in [5, 5.41) is 0. The Hall–Kier alpha value is 0.200. The Morgan fingerprint density at radius 3 is 2.79 bits per heavy atom.